The number of benzene rings is 1. The second-order valence-corrected chi connectivity index (χ2v) is 8.41. The van der Waals surface area contributed by atoms with Crippen LogP contribution in [0.4, 0.5) is 11.4 Å². The van der Waals surface area contributed by atoms with Crippen LogP contribution in [-0.2, 0) is 19.5 Å². The van der Waals surface area contributed by atoms with Crippen molar-refractivity contribution in [1.29, 1.82) is 0 Å². The quantitative estimate of drug-likeness (QED) is 0.729. The van der Waals surface area contributed by atoms with Crippen molar-refractivity contribution in [3.8, 4) is 0 Å². The number of anilines is 2. The van der Waals surface area contributed by atoms with Gasteiger partial charge in [-0.3, -0.25) is 0 Å². The third kappa shape index (κ3) is 2.57. The highest BCUT2D eigenvalue weighted by Crippen LogP contribution is 2.50. The maximum absolute atomic E-state index is 13.0. The van der Waals surface area contributed by atoms with Gasteiger partial charge in [-0.2, -0.15) is 8.42 Å². The van der Waals surface area contributed by atoms with E-state index < -0.39 is 16.3 Å². The van der Waals surface area contributed by atoms with Crippen LogP contribution in [-0.4, -0.2) is 22.6 Å². The number of fused-ring (bicyclic) bond motifs is 1. The zero-order valence-electron chi connectivity index (χ0n) is 13.3. The highest BCUT2D eigenvalue weighted by molar-refractivity contribution is 7.98. The van der Waals surface area contributed by atoms with Crippen LogP contribution in [0.25, 0.3) is 5.57 Å². The first-order chi connectivity index (χ1) is 11.4. The Hall–Kier alpha value is -1.38. The Morgan fingerprint density at radius 1 is 1.17 bits per heavy atom. The van der Waals surface area contributed by atoms with Crippen molar-refractivity contribution >= 4 is 49.9 Å². The number of sulfonamides is 1. The highest BCUT2D eigenvalue weighted by Gasteiger charge is 2.40. The van der Waals surface area contributed by atoms with Crippen LogP contribution in [0.5, 0.6) is 0 Å². The summed E-state index contributed by atoms with van der Waals surface area (Å²) in [5.41, 5.74) is 2.32. The van der Waals surface area contributed by atoms with Gasteiger partial charge in [0.05, 0.1) is 16.3 Å². The molecular formula is C16H16ClNO4S2. The van der Waals surface area contributed by atoms with E-state index in [0.717, 1.165) is 5.56 Å². The molecular weight excluding hydrogens is 370 g/mol. The Bertz CT molecular complexity index is 886. The number of methoxy groups -OCH3 is 2. The molecule has 0 bridgehead atoms. The van der Waals surface area contributed by atoms with Crippen molar-refractivity contribution in [2.45, 2.75) is 13.2 Å². The van der Waals surface area contributed by atoms with Crippen LogP contribution in [0.2, 0.25) is 0 Å². The lowest BCUT2D eigenvalue weighted by molar-refractivity contribution is -0.103. The zero-order valence-corrected chi connectivity index (χ0v) is 15.7. The first kappa shape index (κ1) is 17.4. The van der Waals surface area contributed by atoms with Crippen LogP contribution < -0.4 is 4.31 Å². The molecule has 0 saturated carbocycles. The van der Waals surface area contributed by atoms with Gasteiger partial charge in [0.1, 0.15) is 0 Å². The monoisotopic (exact) mass is 385 g/mol. The predicted octanol–water partition coefficient (Wildman–Crippen LogP) is 4.45. The summed E-state index contributed by atoms with van der Waals surface area (Å²) in [5, 5.41) is 1.87. The average Bonchev–Trinajstić information content (AvgIpc) is 2.99. The van der Waals surface area contributed by atoms with E-state index in [-0.39, 0.29) is 4.36 Å². The number of halogens is 1. The molecule has 0 amide bonds. The number of rotatable bonds is 4. The van der Waals surface area contributed by atoms with Gasteiger partial charge in [0.15, 0.2) is 10.7 Å². The summed E-state index contributed by atoms with van der Waals surface area (Å²) < 4.78 is 37.8. The SMILES string of the molecule is COC(OC)c1scc2c1N(c1ccccc1)S(=O)(=O)C(Cl)=C2C. The Morgan fingerprint density at radius 3 is 2.38 bits per heavy atom. The molecule has 0 spiro atoms. The average molecular weight is 386 g/mol. The third-order valence-electron chi connectivity index (χ3n) is 3.79. The molecule has 0 saturated heterocycles. The Kier molecular flexibility index (Phi) is 4.72. The first-order valence-electron chi connectivity index (χ1n) is 7.07. The molecule has 128 valence electrons. The van der Waals surface area contributed by atoms with Crippen molar-refractivity contribution in [2.75, 3.05) is 18.5 Å². The largest absolute Gasteiger partial charge is 0.351 e. The normalized spacial score (nSPS) is 16.6. The summed E-state index contributed by atoms with van der Waals surface area (Å²) in [6.45, 7) is 1.70. The van der Waals surface area contributed by atoms with E-state index in [0.29, 0.717) is 21.8 Å². The van der Waals surface area contributed by atoms with E-state index in [2.05, 4.69) is 0 Å². The van der Waals surface area contributed by atoms with E-state index in [9.17, 15) is 8.42 Å². The summed E-state index contributed by atoms with van der Waals surface area (Å²) in [7, 11) is -0.858. The molecule has 2 aromatic rings. The Morgan fingerprint density at radius 2 is 1.79 bits per heavy atom. The minimum atomic E-state index is -3.89. The van der Waals surface area contributed by atoms with Crippen molar-refractivity contribution < 1.29 is 17.9 Å². The number of thiophene rings is 1. The molecule has 1 aliphatic heterocycles. The lowest BCUT2D eigenvalue weighted by Gasteiger charge is -2.31. The van der Waals surface area contributed by atoms with Crippen LogP contribution in [0, 0.1) is 0 Å². The summed E-state index contributed by atoms with van der Waals surface area (Å²) >= 11 is 7.56. The summed E-state index contributed by atoms with van der Waals surface area (Å²) in [4.78, 5) is 0.672. The van der Waals surface area contributed by atoms with E-state index in [1.807, 2.05) is 11.4 Å². The minimum Gasteiger partial charge on any atom is -0.351 e. The van der Waals surface area contributed by atoms with Crippen LogP contribution in [0.15, 0.2) is 40.1 Å². The Labute approximate surface area is 150 Å². The molecule has 0 fully saturated rings. The fourth-order valence-corrected chi connectivity index (χ4v) is 5.66. The standard InChI is InChI=1S/C16H16ClNO4S2/c1-10-12-9-23-14(16(21-2)22-3)13(12)18(24(19,20)15(10)17)11-7-5-4-6-8-11/h4-9,16H,1-3H3. The molecule has 0 aliphatic carbocycles. The summed E-state index contributed by atoms with van der Waals surface area (Å²) in [6, 6.07) is 8.83. The number of para-hydroxylation sites is 1. The van der Waals surface area contributed by atoms with Gasteiger partial charge in [0.2, 0.25) is 0 Å². The van der Waals surface area contributed by atoms with Crippen molar-refractivity contribution in [1.82, 2.24) is 0 Å². The van der Waals surface area contributed by atoms with Crippen molar-refractivity contribution in [3.05, 3.63) is 50.5 Å². The Balaban J connectivity index is 2.33. The fraction of sp³-hybridized carbons (Fsp3) is 0.250. The second kappa shape index (κ2) is 6.50. The molecule has 24 heavy (non-hydrogen) atoms. The zero-order chi connectivity index (χ0) is 17.5. The fourth-order valence-electron chi connectivity index (χ4n) is 2.65. The number of ether oxygens (including phenoxy) is 2. The molecule has 3 rings (SSSR count). The number of allylic oxidation sites excluding steroid dienone is 1. The van der Waals surface area contributed by atoms with Crippen molar-refractivity contribution in [2.24, 2.45) is 0 Å². The van der Waals surface area contributed by atoms with Gasteiger partial charge in [-0.25, -0.2) is 4.31 Å². The predicted molar refractivity (Wildman–Crippen MR) is 97.0 cm³/mol. The summed E-state index contributed by atoms with van der Waals surface area (Å²) in [6.07, 6.45) is -0.662. The van der Waals surface area contributed by atoms with E-state index in [1.54, 1.807) is 31.2 Å². The van der Waals surface area contributed by atoms with Gasteiger partial charge < -0.3 is 9.47 Å². The van der Waals surface area contributed by atoms with Gasteiger partial charge in [0, 0.05) is 25.2 Å². The number of nitrogens with zero attached hydrogens (tertiary/aromatic N) is 1. The molecule has 0 N–H and O–H groups in total. The topological polar surface area (TPSA) is 55.8 Å². The van der Waals surface area contributed by atoms with Crippen LogP contribution >= 0.6 is 22.9 Å². The highest BCUT2D eigenvalue weighted by atomic mass is 35.5. The molecule has 1 aliphatic rings. The smallest absolute Gasteiger partial charge is 0.279 e. The maximum atomic E-state index is 13.0. The van der Waals surface area contributed by atoms with Gasteiger partial charge in [-0.1, -0.05) is 29.8 Å². The molecule has 8 heteroatoms. The number of hydrogen-bond donors (Lipinski definition) is 0. The molecule has 0 unspecified atom stereocenters. The third-order valence-corrected chi connectivity index (χ3v) is 7.29. The lowest BCUT2D eigenvalue weighted by Crippen LogP contribution is -2.30. The summed E-state index contributed by atoms with van der Waals surface area (Å²) in [5.74, 6) is 0. The second-order valence-electron chi connectivity index (χ2n) is 5.17. The minimum absolute atomic E-state index is 0.172. The van der Waals surface area contributed by atoms with Gasteiger partial charge in [0.25, 0.3) is 10.0 Å². The van der Waals surface area contributed by atoms with Gasteiger partial charge in [-0.15, -0.1) is 11.3 Å². The van der Waals surface area contributed by atoms with Gasteiger partial charge in [-0.05, 0) is 24.6 Å². The molecule has 1 aromatic carbocycles. The van der Waals surface area contributed by atoms with Crippen LogP contribution in [0.3, 0.4) is 0 Å². The maximum Gasteiger partial charge on any atom is 0.279 e. The number of hydrogen-bond acceptors (Lipinski definition) is 5. The van der Waals surface area contributed by atoms with Gasteiger partial charge >= 0.3 is 0 Å². The first-order valence-corrected chi connectivity index (χ1v) is 9.77. The lowest BCUT2D eigenvalue weighted by atomic mass is 10.1. The van der Waals surface area contributed by atoms with E-state index >= 15 is 0 Å². The molecule has 2 heterocycles. The van der Waals surface area contributed by atoms with E-state index in [4.69, 9.17) is 21.1 Å². The van der Waals surface area contributed by atoms with Crippen LogP contribution in [0.1, 0.15) is 23.7 Å². The molecule has 0 atom stereocenters. The van der Waals surface area contributed by atoms with E-state index in [1.165, 1.54) is 29.9 Å². The molecule has 0 radical (unpaired) electrons. The molecule has 1 aromatic heterocycles. The molecule has 5 nitrogen and oxygen atoms in total. The van der Waals surface area contributed by atoms with Crippen molar-refractivity contribution in [3.63, 3.8) is 0 Å².